The second kappa shape index (κ2) is 8.67. The minimum absolute atomic E-state index is 0.158. The number of phenolic OH excluding ortho intramolecular Hbond substituents is 1. The Balaban J connectivity index is 1.82. The van der Waals surface area contributed by atoms with Gasteiger partial charge < -0.3 is 25.2 Å². The predicted molar refractivity (Wildman–Crippen MR) is 93.0 cm³/mol. The number of urea groups is 1. The zero-order valence-corrected chi connectivity index (χ0v) is 13.8. The zero-order valence-electron chi connectivity index (χ0n) is 13.8. The topological polar surface area (TPSA) is 79.8 Å². The quantitative estimate of drug-likeness (QED) is 0.681. The third-order valence-electron chi connectivity index (χ3n) is 3.35. The molecule has 0 heterocycles. The van der Waals surface area contributed by atoms with Gasteiger partial charge in [0.2, 0.25) is 0 Å². The van der Waals surface area contributed by atoms with Crippen molar-refractivity contribution in [2.75, 3.05) is 25.6 Å². The fourth-order valence-corrected chi connectivity index (χ4v) is 2.18. The van der Waals surface area contributed by atoms with Gasteiger partial charge >= 0.3 is 6.03 Å². The van der Waals surface area contributed by atoms with E-state index in [9.17, 15) is 9.90 Å². The standard InChI is InChI=1S/C18H22N2O4/c1-3-24-16-9-4-13(12-17(16)23-2)10-11-19-18(22)20-14-5-7-15(21)8-6-14/h4-9,12,21H,3,10-11H2,1-2H3,(H2,19,20,22). The van der Waals surface area contributed by atoms with Crippen LogP contribution in [0.2, 0.25) is 0 Å². The lowest BCUT2D eigenvalue weighted by molar-refractivity contribution is 0.252. The molecule has 2 rings (SSSR count). The summed E-state index contributed by atoms with van der Waals surface area (Å²) < 4.78 is 10.8. The number of benzene rings is 2. The number of amides is 2. The Bertz CT molecular complexity index is 671. The zero-order chi connectivity index (χ0) is 17.4. The number of aromatic hydroxyl groups is 1. The van der Waals surface area contributed by atoms with E-state index in [-0.39, 0.29) is 11.8 Å². The number of hydrogen-bond acceptors (Lipinski definition) is 4. The van der Waals surface area contributed by atoms with Crippen molar-refractivity contribution in [3.63, 3.8) is 0 Å². The molecule has 2 amide bonds. The fraction of sp³-hybridized carbons (Fsp3) is 0.278. The highest BCUT2D eigenvalue weighted by atomic mass is 16.5. The Labute approximate surface area is 141 Å². The maximum absolute atomic E-state index is 11.8. The van der Waals surface area contributed by atoms with Crippen LogP contribution in [0.3, 0.4) is 0 Å². The third-order valence-corrected chi connectivity index (χ3v) is 3.35. The number of carbonyl (C=O) groups excluding carboxylic acids is 1. The van der Waals surface area contributed by atoms with Crippen LogP contribution in [0.5, 0.6) is 17.2 Å². The molecule has 0 unspecified atom stereocenters. The molecule has 0 aliphatic carbocycles. The Hall–Kier alpha value is -2.89. The van der Waals surface area contributed by atoms with Gasteiger partial charge in [-0.05, 0) is 55.3 Å². The van der Waals surface area contributed by atoms with Crippen molar-refractivity contribution >= 4 is 11.7 Å². The summed E-state index contributed by atoms with van der Waals surface area (Å²) in [6.45, 7) is 2.99. The van der Waals surface area contributed by atoms with E-state index >= 15 is 0 Å². The van der Waals surface area contributed by atoms with E-state index in [2.05, 4.69) is 10.6 Å². The number of anilines is 1. The minimum atomic E-state index is -0.293. The molecule has 6 nitrogen and oxygen atoms in total. The average Bonchev–Trinajstić information content (AvgIpc) is 2.58. The summed E-state index contributed by atoms with van der Waals surface area (Å²) in [6.07, 6.45) is 0.672. The van der Waals surface area contributed by atoms with E-state index in [4.69, 9.17) is 9.47 Å². The minimum Gasteiger partial charge on any atom is -0.508 e. The van der Waals surface area contributed by atoms with Gasteiger partial charge in [0.05, 0.1) is 13.7 Å². The number of nitrogens with one attached hydrogen (secondary N) is 2. The van der Waals surface area contributed by atoms with Crippen LogP contribution in [0.1, 0.15) is 12.5 Å². The highest BCUT2D eigenvalue weighted by molar-refractivity contribution is 5.89. The summed E-state index contributed by atoms with van der Waals surface area (Å²) in [7, 11) is 1.60. The molecule has 0 aliphatic heterocycles. The van der Waals surface area contributed by atoms with E-state index in [1.165, 1.54) is 12.1 Å². The molecule has 6 heteroatoms. The first-order valence-corrected chi connectivity index (χ1v) is 7.76. The summed E-state index contributed by atoms with van der Waals surface area (Å²) in [5, 5.41) is 14.7. The van der Waals surface area contributed by atoms with Crippen LogP contribution in [0, 0.1) is 0 Å². The number of hydrogen-bond donors (Lipinski definition) is 3. The molecule has 2 aromatic carbocycles. The van der Waals surface area contributed by atoms with Crippen molar-refractivity contribution in [2.45, 2.75) is 13.3 Å². The lowest BCUT2D eigenvalue weighted by Gasteiger charge is -2.11. The molecule has 0 radical (unpaired) electrons. The van der Waals surface area contributed by atoms with E-state index in [0.717, 1.165) is 5.56 Å². The molecule has 0 saturated carbocycles. The van der Waals surface area contributed by atoms with Crippen molar-refractivity contribution < 1.29 is 19.4 Å². The average molecular weight is 330 g/mol. The van der Waals surface area contributed by atoms with E-state index < -0.39 is 0 Å². The van der Waals surface area contributed by atoms with Gasteiger partial charge in [-0.15, -0.1) is 0 Å². The van der Waals surface area contributed by atoms with Crippen LogP contribution in [0.15, 0.2) is 42.5 Å². The number of methoxy groups -OCH3 is 1. The van der Waals surface area contributed by atoms with Crippen molar-refractivity contribution in [3.05, 3.63) is 48.0 Å². The summed E-state index contributed by atoms with van der Waals surface area (Å²) in [5.41, 5.74) is 1.66. The lowest BCUT2D eigenvalue weighted by atomic mass is 10.1. The highest BCUT2D eigenvalue weighted by Crippen LogP contribution is 2.28. The van der Waals surface area contributed by atoms with Crippen LogP contribution >= 0.6 is 0 Å². The molecule has 0 saturated heterocycles. The first-order valence-electron chi connectivity index (χ1n) is 7.76. The third kappa shape index (κ3) is 5.08. The van der Waals surface area contributed by atoms with Gasteiger partial charge in [0, 0.05) is 12.2 Å². The van der Waals surface area contributed by atoms with Crippen LogP contribution in [0.25, 0.3) is 0 Å². The molecular formula is C18H22N2O4. The van der Waals surface area contributed by atoms with Gasteiger partial charge in [-0.1, -0.05) is 6.07 Å². The molecule has 24 heavy (non-hydrogen) atoms. The van der Waals surface area contributed by atoms with Gasteiger partial charge in [0.25, 0.3) is 0 Å². The van der Waals surface area contributed by atoms with Crippen LogP contribution in [0.4, 0.5) is 10.5 Å². The Morgan fingerprint density at radius 3 is 2.54 bits per heavy atom. The van der Waals surface area contributed by atoms with Gasteiger partial charge in [0.15, 0.2) is 11.5 Å². The van der Waals surface area contributed by atoms with Crippen LogP contribution < -0.4 is 20.1 Å². The second-order valence-corrected chi connectivity index (χ2v) is 5.10. The van der Waals surface area contributed by atoms with Crippen LogP contribution in [-0.4, -0.2) is 31.4 Å². The Morgan fingerprint density at radius 2 is 1.88 bits per heavy atom. The molecule has 0 atom stereocenters. The first-order chi connectivity index (χ1) is 11.6. The smallest absolute Gasteiger partial charge is 0.319 e. The molecule has 0 bridgehead atoms. The predicted octanol–water partition coefficient (Wildman–Crippen LogP) is 3.16. The molecule has 2 aromatic rings. The number of carbonyl (C=O) groups is 1. The van der Waals surface area contributed by atoms with Gasteiger partial charge in [-0.2, -0.15) is 0 Å². The molecule has 3 N–H and O–H groups in total. The lowest BCUT2D eigenvalue weighted by Crippen LogP contribution is -2.30. The molecular weight excluding hydrogens is 308 g/mol. The summed E-state index contributed by atoms with van der Waals surface area (Å²) in [5.74, 6) is 1.55. The largest absolute Gasteiger partial charge is 0.508 e. The summed E-state index contributed by atoms with van der Waals surface area (Å²) in [6, 6.07) is 11.7. The van der Waals surface area contributed by atoms with Crippen molar-refractivity contribution in [1.82, 2.24) is 5.32 Å². The van der Waals surface area contributed by atoms with E-state index in [0.29, 0.717) is 36.8 Å². The monoisotopic (exact) mass is 330 g/mol. The SMILES string of the molecule is CCOc1ccc(CCNC(=O)Nc2ccc(O)cc2)cc1OC. The van der Waals surface area contributed by atoms with Crippen molar-refractivity contribution in [2.24, 2.45) is 0 Å². The van der Waals surface area contributed by atoms with Crippen molar-refractivity contribution in [1.29, 1.82) is 0 Å². The van der Waals surface area contributed by atoms with E-state index in [1.54, 1.807) is 19.2 Å². The first kappa shape index (κ1) is 17.5. The van der Waals surface area contributed by atoms with E-state index in [1.807, 2.05) is 25.1 Å². The summed E-state index contributed by atoms with van der Waals surface area (Å²) >= 11 is 0. The van der Waals surface area contributed by atoms with Gasteiger partial charge in [-0.3, -0.25) is 0 Å². The number of phenols is 1. The van der Waals surface area contributed by atoms with Crippen molar-refractivity contribution in [3.8, 4) is 17.2 Å². The molecule has 0 aromatic heterocycles. The van der Waals surface area contributed by atoms with Gasteiger partial charge in [-0.25, -0.2) is 4.79 Å². The second-order valence-electron chi connectivity index (χ2n) is 5.10. The van der Waals surface area contributed by atoms with Gasteiger partial charge in [0.1, 0.15) is 5.75 Å². The molecule has 0 fully saturated rings. The Morgan fingerprint density at radius 1 is 1.12 bits per heavy atom. The Kier molecular flexibility index (Phi) is 6.31. The molecule has 128 valence electrons. The number of rotatable bonds is 7. The molecule has 0 spiro atoms. The van der Waals surface area contributed by atoms with Crippen LogP contribution in [-0.2, 0) is 6.42 Å². The normalized spacial score (nSPS) is 10.1. The summed E-state index contributed by atoms with van der Waals surface area (Å²) in [4.78, 5) is 11.8. The maximum atomic E-state index is 11.8. The maximum Gasteiger partial charge on any atom is 0.319 e. The fourth-order valence-electron chi connectivity index (χ4n) is 2.18. The highest BCUT2D eigenvalue weighted by Gasteiger charge is 2.06. The number of ether oxygens (including phenoxy) is 2. The molecule has 0 aliphatic rings.